The van der Waals surface area contributed by atoms with Gasteiger partial charge >= 0.3 is 0 Å². The van der Waals surface area contributed by atoms with Gasteiger partial charge in [-0.25, -0.2) is 13.4 Å². The number of hydrogen-bond acceptors (Lipinski definition) is 7. The maximum atomic E-state index is 12.4. The molecule has 158 valence electrons. The molecule has 0 unspecified atom stereocenters. The van der Waals surface area contributed by atoms with E-state index in [0.717, 1.165) is 23.0 Å². The second-order valence-corrected chi connectivity index (χ2v) is 11.6. The van der Waals surface area contributed by atoms with Gasteiger partial charge < -0.3 is 15.2 Å². The van der Waals surface area contributed by atoms with E-state index in [0.29, 0.717) is 11.6 Å². The molecule has 0 spiro atoms. The number of benzene rings is 2. The number of rotatable bonds is 7. The van der Waals surface area contributed by atoms with E-state index in [1.54, 1.807) is 31.5 Å². The van der Waals surface area contributed by atoms with Crippen LogP contribution in [0.5, 0.6) is 0 Å². The highest BCUT2D eigenvalue weighted by atomic mass is 35.5. The average molecular weight is 465 g/mol. The number of aryl methyl sites for hydroxylation is 1. The van der Waals surface area contributed by atoms with Gasteiger partial charge in [-0.05, 0) is 55.6 Å². The summed E-state index contributed by atoms with van der Waals surface area (Å²) >= 11 is 6.21. The van der Waals surface area contributed by atoms with Crippen LogP contribution < -0.4 is 15.9 Å². The molecule has 0 radical (unpaired) electrons. The molecule has 30 heavy (non-hydrogen) atoms. The molecule has 0 saturated carbocycles. The maximum Gasteiger partial charge on any atom is 0.229 e. The molecule has 0 aliphatic rings. The second-order valence-electron chi connectivity index (χ2n) is 6.96. The predicted octanol–water partition coefficient (Wildman–Crippen LogP) is 4.40. The molecule has 10 heteroatoms. The zero-order chi connectivity index (χ0) is 21.9. The Bertz CT molecular complexity index is 1200. The SMILES string of the molecule is CCc1cc(P(C)(C)=O)ccc1Nc1ncc(Cl)c(Nc2ccccc2[SH](=O)=O)n1. The highest BCUT2D eigenvalue weighted by Crippen LogP contribution is 2.36. The highest BCUT2D eigenvalue weighted by Gasteiger charge is 2.15. The van der Waals surface area contributed by atoms with Crippen molar-refractivity contribution in [3.8, 4) is 0 Å². The summed E-state index contributed by atoms with van der Waals surface area (Å²) in [6.07, 6.45) is 2.17. The van der Waals surface area contributed by atoms with Gasteiger partial charge in [0.05, 0.1) is 16.8 Å². The number of thiol groups is 1. The minimum atomic E-state index is -2.78. The molecular weight excluding hydrogens is 443 g/mol. The van der Waals surface area contributed by atoms with Crippen LogP contribution in [0.3, 0.4) is 0 Å². The molecule has 1 aromatic heterocycles. The Balaban J connectivity index is 1.92. The molecule has 0 aliphatic heterocycles. The first-order valence-electron chi connectivity index (χ1n) is 9.17. The standard InChI is InChI=1S/C20H22ClN4O3PS/c1-4-13-11-14(29(2,3)26)9-10-16(13)24-20-22-12-15(21)19(25-20)23-17-7-5-6-8-18(17)30(27)28/h5-12,30H,4H2,1-3H3,(H2,22,23,24,25). The Morgan fingerprint density at radius 1 is 1.07 bits per heavy atom. The van der Waals surface area contributed by atoms with Crippen LogP contribution in [0.4, 0.5) is 23.1 Å². The fourth-order valence-corrected chi connectivity index (χ4v) is 4.40. The molecular formula is C20H22ClN4O3PS. The van der Waals surface area contributed by atoms with Gasteiger partial charge in [-0.15, -0.1) is 0 Å². The number of halogens is 1. The minimum absolute atomic E-state index is 0.143. The van der Waals surface area contributed by atoms with Gasteiger partial charge in [-0.3, -0.25) is 0 Å². The topological polar surface area (TPSA) is 101 Å². The summed E-state index contributed by atoms with van der Waals surface area (Å²) in [6, 6.07) is 12.1. The van der Waals surface area contributed by atoms with Crippen LogP contribution in [0.25, 0.3) is 0 Å². The van der Waals surface area contributed by atoms with Crippen LogP contribution in [-0.4, -0.2) is 31.7 Å². The van der Waals surface area contributed by atoms with Crippen molar-refractivity contribution in [2.45, 2.75) is 18.2 Å². The van der Waals surface area contributed by atoms with Crippen molar-refractivity contribution in [3.63, 3.8) is 0 Å². The molecule has 0 saturated heterocycles. The van der Waals surface area contributed by atoms with E-state index in [4.69, 9.17) is 11.6 Å². The molecule has 0 amide bonds. The van der Waals surface area contributed by atoms with E-state index in [9.17, 15) is 13.0 Å². The predicted molar refractivity (Wildman–Crippen MR) is 124 cm³/mol. The van der Waals surface area contributed by atoms with E-state index in [1.807, 2.05) is 25.1 Å². The van der Waals surface area contributed by atoms with E-state index >= 15 is 0 Å². The van der Waals surface area contributed by atoms with Crippen molar-refractivity contribution in [3.05, 3.63) is 59.2 Å². The van der Waals surface area contributed by atoms with Crippen molar-refractivity contribution in [2.24, 2.45) is 0 Å². The van der Waals surface area contributed by atoms with Gasteiger partial charge in [-0.2, -0.15) is 4.98 Å². The molecule has 3 rings (SSSR count). The molecule has 0 aliphatic carbocycles. The summed E-state index contributed by atoms with van der Waals surface area (Å²) in [5.41, 5.74) is 2.16. The summed E-state index contributed by atoms with van der Waals surface area (Å²) in [5, 5.41) is 7.19. The van der Waals surface area contributed by atoms with Crippen LogP contribution in [-0.2, 0) is 21.7 Å². The van der Waals surface area contributed by atoms with Gasteiger partial charge in [0.25, 0.3) is 0 Å². The normalized spacial score (nSPS) is 11.5. The highest BCUT2D eigenvalue weighted by molar-refractivity contribution is 7.72. The number of anilines is 4. The number of aromatic nitrogens is 2. The maximum absolute atomic E-state index is 12.4. The molecule has 3 aromatic rings. The number of para-hydroxylation sites is 1. The van der Waals surface area contributed by atoms with E-state index in [-0.39, 0.29) is 15.7 Å². The lowest BCUT2D eigenvalue weighted by atomic mass is 10.1. The van der Waals surface area contributed by atoms with E-state index in [2.05, 4.69) is 20.6 Å². The summed E-state index contributed by atoms with van der Waals surface area (Å²) < 4.78 is 35.3. The molecule has 0 fully saturated rings. The largest absolute Gasteiger partial charge is 0.338 e. The third kappa shape index (κ3) is 5.19. The summed E-state index contributed by atoms with van der Waals surface area (Å²) in [6.45, 7) is 5.49. The molecule has 0 atom stereocenters. The van der Waals surface area contributed by atoms with Crippen molar-refractivity contribution < 1.29 is 13.0 Å². The number of nitrogens with one attached hydrogen (secondary N) is 2. The van der Waals surface area contributed by atoms with Crippen molar-refractivity contribution in [1.82, 2.24) is 9.97 Å². The molecule has 1 heterocycles. The number of nitrogens with zero attached hydrogens (tertiary/aromatic N) is 2. The van der Waals surface area contributed by atoms with Gasteiger partial charge in [-0.1, -0.05) is 30.7 Å². The van der Waals surface area contributed by atoms with E-state index in [1.165, 1.54) is 12.3 Å². The third-order valence-corrected chi connectivity index (χ3v) is 7.02. The Labute approximate surface area is 182 Å². The summed E-state index contributed by atoms with van der Waals surface area (Å²) in [7, 11) is -5.14. The van der Waals surface area contributed by atoms with Crippen LogP contribution >= 0.6 is 18.7 Å². The van der Waals surface area contributed by atoms with Gasteiger partial charge in [0.15, 0.2) is 16.5 Å². The lowest BCUT2D eigenvalue weighted by Crippen LogP contribution is -2.08. The van der Waals surface area contributed by atoms with Crippen molar-refractivity contribution in [1.29, 1.82) is 0 Å². The Hall–Kier alpha value is -2.41. The van der Waals surface area contributed by atoms with Gasteiger partial charge in [0, 0.05) is 11.0 Å². The molecule has 7 nitrogen and oxygen atoms in total. The first-order chi connectivity index (χ1) is 14.2. The van der Waals surface area contributed by atoms with E-state index < -0.39 is 17.8 Å². The quantitative estimate of drug-likeness (QED) is 0.352. The van der Waals surface area contributed by atoms with Crippen LogP contribution in [0.15, 0.2) is 53.6 Å². The average Bonchev–Trinajstić information content (AvgIpc) is 2.70. The van der Waals surface area contributed by atoms with Gasteiger partial charge in [0.1, 0.15) is 12.2 Å². The fraction of sp³-hybridized carbons (Fsp3) is 0.200. The smallest absolute Gasteiger partial charge is 0.229 e. The lowest BCUT2D eigenvalue weighted by Gasteiger charge is -2.15. The zero-order valence-electron chi connectivity index (χ0n) is 16.7. The molecule has 2 aromatic carbocycles. The Morgan fingerprint density at radius 2 is 1.80 bits per heavy atom. The third-order valence-electron chi connectivity index (χ3n) is 4.44. The zero-order valence-corrected chi connectivity index (χ0v) is 19.3. The second kappa shape index (κ2) is 9.16. The Kier molecular flexibility index (Phi) is 6.81. The molecule has 2 N–H and O–H groups in total. The lowest BCUT2D eigenvalue weighted by molar-refractivity contribution is 0.588. The van der Waals surface area contributed by atoms with Crippen LogP contribution in [0.2, 0.25) is 5.02 Å². The first-order valence-corrected chi connectivity index (χ1v) is 13.3. The summed E-state index contributed by atoms with van der Waals surface area (Å²) in [5.74, 6) is 0.573. The summed E-state index contributed by atoms with van der Waals surface area (Å²) in [4.78, 5) is 8.75. The van der Waals surface area contributed by atoms with Crippen molar-refractivity contribution in [2.75, 3.05) is 24.0 Å². The fourth-order valence-electron chi connectivity index (χ4n) is 2.83. The minimum Gasteiger partial charge on any atom is -0.338 e. The van der Waals surface area contributed by atoms with Gasteiger partial charge in [0.2, 0.25) is 5.95 Å². The van der Waals surface area contributed by atoms with Crippen LogP contribution in [0.1, 0.15) is 12.5 Å². The first kappa shape index (κ1) is 22.3. The van der Waals surface area contributed by atoms with Crippen molar-refractivity contribution >= 4 is 57.9 Å². The molecule has 0 bridgehead atoms. The Morgan fingerprint density at radius 3 is 2.47 bits per heavy atom. The monoisotopic (exact) mass is 464 g/mol. The van der Waals surface area contributed by atoms with Crippen LogP contribution in [0, 0.1) is 0 Å². The number of hydrogen-bond donors (Lipinski definition) is 3.